The number of hydrogen-bond donors (Lipinski definition) is 1. The predicted molar refractivity (Wildman–Crippen MR) is 64.0 cm³/mol. The van der Waals surface area contributed by atoms with Crippen LogP contribution in [0.15, 0.2) is 28.7 Å². The van der Waals surface area contributed by atoms with Crippen LogP contribution in [0.4, 0.5) is 0 Å². The Morgan fingerprint density at radius 1 is 1.57 bits per heavy atom. The first kappa shape index (κ1) is 11.3. The van der Waals surface area contributed by atoms with Gasteiger partial charge in [-0.2, -0.15) is 0 Å². The van der Waals surface area contributed by atoms with Crippen LogP contribution < -0.4 is 5.32 Å². The van der Waals surface area contributed by atoms with Crippen LogP contribution in [0.25, 0.3) is 0 Å². The van der Waals surface area contributed by atoms with E-state index < -0.39 is 0 Å². The summed E-state index contributed by atoms with van der Waals surface area (Å²) < 4.78 is 1.11. The summed E-state index contributed by atoms with van der Waals surface area (Å²) in [6, 6.07) is 8.64. The quantitative estimate of drug-likeness (QED) is 0.641. The standard InChI is InChI=1S/C12H14BrN/c1-3-4-8-14-10(2)11-6-5-7-12(13)9-11/h1,5-7,9-10,14H,4,8H2,2H3/t10-/m1/s1. The molecule has 14 heavy (non-hydrogen) atoms. The van der Waals surface area contributed by atoms with Gasteiger partial charge in [-0.3, -0.25) is 0 Å². The second kappa shape index (κ2) is 5.85. The summed E-state index contributed by atoms with van der Waals surface area (Å²) in [6.07, 6.45) is 5.96. The summed E-state index contributed by atoms with van der Waals surface area (Å²) in [5.74, 6) is 2.61. The Kier molecular flexibility index (Phi) is 4.72. The molecule has 0 fully saturated rings. The van der Waals surface area contributed by atoms with Gasteiger partial charge in [-0.15, -0.1) is 12.3 Å². The summed E-state index contributed by atoms with van der Waals surface area (Å²) in [5.41, 5.74) is 1.27. The third-order valence-corrected chi connectivity index (χ3v) is 2.56. The van der Waals surface area contributed by atoms with E-state index in [0.717, 1.165) is 17.4 Å². The maximum atomic E-state index is 5.18. The van der Waals surface area contributed by atoms with Gasteiger partial charge in [0.05, 0.1) is 0 Å². The van der Waals surface area contributed by atoms with Gasteiger partial charge in [0.15, 0.2) is 0 Å². The lowest BCUT2D eigenvalue weighted by atomic mass is 10.1. The van der Waals surface area contributed by atoms with E-state index in [4.69, 9.17) is 6.42 Å². The van der Waals surface area contributed by atoms with Gasteiger partial charge in [-0.05, 0) is 24.6 Å². The molecule has 0 aliphatic rings. The van der Waals surface area contributed by atoms with Crippen molar-refractivity contribution in [2.24, 2.45) is 0 Å². The summed E-state index contributed by atoms with van der Waals surface area (Å²) in [6.45, 7) is 3.00. The summed E-state index contributed by atoms with van der Waals surface area (Å²) in [4.78, 5) is 0. The van der Waals surface area contributed by atoms with Gasteiger partial charge in [-0.25, -0.2) is 0 Å². The molecule has 1 N–H and O–H groups in total. The normalized spacial score (nSPS) is 12.1. The second-order valence-corrected chi connectivity index (χ2v) is 4.10. The number of benzene rings is 1. The minimum atomic E-state index is 0.348. The number of hydrogen-bond acceptors (Lipinski definition) is 1. The molecule has 0 spiro atoms. The second-order valence-electron chi connectivity index (χ2n) is 3.18. The Balaban J connectivity index is 2.52. The van der Waals surface area contributed by atoms with Crippen molar-refractivity contribution >= 4 is 15.9 Å². The molecule has 0 saturated heterocycles. The molecular formula is C12H14BrN. The van der Waals surface area contributed by atoms with E-state index in [2.05, 4.69) is 46.2 Å². The van der Waals surface area contributed by atoms with Crippen LogP contribution in [0, 0.1) is 12.3 Å². The van der Waals surface area contributed by atoms with Crippen molar-refractivity contribution in [3.8, 4) is 12.3 Å². The van der Waals surface area contributed by atoms with Crippen molar-refractivity contribution in [2.75, 3.05) is 6.54 Å². The lowest BCUT2D eigenvalue weighted by molar-refractivity contribution is 0.584. The van der Waals surface area contributed by atoms with Crippen LogP contribution in [0.5, 0.6) is 0 Å². The Morgan fingerprint density at radius 3 is 3.00 bits per heavy atom. The maximum Gasteiger partial charge on any atom is 0.0292 e. The average molecular weight is 252 g/mol. The molecule has 1 atom stereocenters. The van der Waals surface area contributed by atoms with Gasteiger partial charge in [0.1, 0.15) is 0 Å². The molecular weight excluding hydrogens is 238 g/mol. The first-order chi connectivity index (χ1) is 6.74. The molecule has 1 nitrogen and oxygen atoms in total. The highest BCUT2D eigenvalue weighted by atomic mass is 79.9. The van der Waals surface area contributed by atoms with Gasteiger partial charge in [-0.1, -0.05) is 28.1 Å². The van der Waals surface area contributed by atoms with E-state index in [-0.39, 0.29) is 0 Å². The van der Waals surface area contributed by atoms with Crippen LogP contribution in [-0.4, -0.2) is 6.54 Å². The fourth-order valence-corrected chi connectivity index (χ4v) is 1.67. The van der Waals surface area contributed by atoms with Crippen LogP contribution in [0.3, 0.4) is 0 Å². The molecule has 0 heterocycles. The molecule has 2 heteroatoms. The highest BCUT2D eigenvalue weighted by molar-refractivity contribution is 9.10. The van der Waals surface area contributed by atoms with E-state index >= 15 is 0 Å². The average Bonchev–Trinajstić information content (AvgIpc) is 2.18. The first-order valence-electron chi connectivity index (χ1n) is 4.66. The third-order valence-electron chi connectivity index (χ3n) is 2.07. The molecule has 0 saturated carbocycles. The van der Waals surface area contributed by atoms with Crippen LogP contribution in [0.2, 0.25) is 0 Å². The highest BCUT2D eigenvalue weighted by Crippen LogP contribution is 2.17. The lowest BCUT2D eigenvalue weighted by Crippen LogP contribution is -2.19. The predicted octanol–water partition coefficient (Wildman–Crippen LogP) is 3.12. The molecule has 0 aromatic heterocycles. The monoisotopic (exact) mass is 251 g/mol. The van der Waals surface area contributed by atoms with E-state index in [1.165, 1.54) is 5.56 Å². The molecule has 0 aliphatic carbocycles. The van der Waals surface area contributed by atoms with Crippen LogP contribution >= 0.6 is 15.9 Å². The molecule has 0 amide bonds. The Morgan fingerprint density at radius 2 is 2.36 bits per heavy atom. The fraction of sp³-hybridized carbons (Fsp3) is 0.333. The number of rotatable bonds is 4. The third kappa shape index (κ3) is 3.53. The van der Waals surface area contributed by atoms with Crippen molar-refractivity contribution in [2.45, 2.75) is 19.4 Å². The molecule has 1 aromatic rings. The number of terminal acetylenes is 1. The van der Waals surface area contributed by atoms with Crippen molar-refractivity contribution in [1.29, 1.82) is 0 Å². The molecule has 0 radical (unpaired) electrons. The van der Waals surface area contributed by atoms with E-state index in [1.807, 2.05) is 12.1 Å². The van der Waals surface area contributed by atoms with Gasteiger partial charge in [0.2, 0.25) is 0 Å². The highest BCUT2D eigenvalue weighted by Gasteiger charge is 2.03. The largest absolute Gasteiger partial charge is 0.309 e. The van der Waals surface area contributed by atoms with E-state index in [9.17, 15) is 0 Å². The molecule has 1 rings (SSSR count). The van der Waals surface area contributed by atoms with E-state index in [0.29, 0.717) is 6.04 Å². The fourth-order valence-electron chi connectivity index (χ4n) is 1.25. The smallest absolute Gasteiger partial charge is 0.0292 e. The van der Waals surface area contributed by atoms with Gasteiger partial charge < -0.3 is 5.32 Å². The summed E-state index contributed by atoms with van der Waals surface area (Å²) >= 11 is 3.45. The van der Waals surface area contributed by atoms with Crippen LogP contribution in [-0.2, 0) is 0 Å². The van der Waals surface area contributed by atoms with E-state index in [1.54, 1.807) is 0 Å². The van der Waals surface area contributed by atoms with Crippen molar-refractivity contribution < 1.29 is 0 Å². The minimum absolute atomic E-state index is 0.348. The zero-order valence-corrected chi connectivity index (χ0v) is 9.84. The lowest BCUT2D eigenvalue weighted by Gasteiger charge is -2.13. The van der Waals surface area contributed by atoms with Crippen molar-refractivity contribution in [3.63, 3.8) is 0 Å². The molecule has 1 aromatic carbocycles. The Bertz CT molecular complexity index is 327. The zero-order chi connectivity index (χ0) is 10.4. The molecule has 74 valence electrons. The molecule has 0 bridgehead atoms. The SMILES string of the molecule is C#CCCN[C@H](C)c1cccc(Br)c1. The maximum absolute atomic E-state index is 5.18. The molecule has 0 unspecified atom stereocenters. The van der Waals surface area contributed by atoms with Gasteiger partial charge >= 0.3 is 0 Å². The van der Waals surface area contributed by atoms with Gasteiger partial charge in [0.25, 0.3) is 0 Å². The summed E-state index contributed by atoms with van der Waals surface area (Å²) in [5, 5.41) is 3.36. The topological polar surface area (TPSA) is 12.0 Å². The van der Waals surface area contributed by atoms with Crippen LogP contribution in [0.1, 0.15) is 24.9 Å². The minimum Gasteiger partial charge on any atom is -0.309 e. The zero-order valence-electron chi connectivity index (χ0n) is 8.26. The molecule has 0 aliphatic heterocycles. The Labute approximate surface area is 94.0 Å². The van der Waals surface area contributed by atoms with Crippen molar-refractivity contribution in [1.82, 2.24) is 5.32 Å². The van der Waals surface area contributed by atoms with Crippen molar-refractivity contribution in [3.05, 3.63) is 34.3 Å². The Hall–Kier alpha value is -0.780. The first-order valence-corrected chi connectivity index (χ1v) is 5.45. The number of nitrogens with one attached hydrogen (secondary N) is 1. The van der Waals surface area contributed by atoms with Gasteiger partial charge in [0, 0.05) is 23.5 Å². The number of halogens is 1. The summed E-state index contributed by atoms with van der Waals surface area (Å²) in [7, 11) is 0.